The number of carbonyl (C=O) groups is 1. The van der Waals surface area contributed by atoms with Gasteiger partial charge in [0.05, 0.1) is 24.7 Å². The number of carbonyl (C=O) groups excluding carboxylic acids is 1. The van der Waals surface area contributed by atoms with Crippen molar-refractivity contribution in [2.45, 2.75) is 24.8 Å². The number of halogens is 1. The number of ether oxygens (including phenoxy) is 1. The number of hydrogen-bond donors (Lipinski definition) is 1. The number of piperazine rings is 1. The predicted octanol–water partition coefficient (Wildman–Crippen LogP) is 3.17. The Bertz CT molecular complexity index is 1020. The molecule has 0 aromatic heterocycles. The van der Waals surface area contributed by atoms with Crippen LogP contribution in [0.4, 0.5) is 0 Å². The van der Waals surface area contributed by atoms with Crippen molar-refractivity contribution in [1.29, 1.82) is 0 Å². The molecule has 0 bridgehead atoms. The highest BCUT2D eigenvalue weighted by Gasteiger charge is 2.30. The molecule has 0 saturated carbocycles. The van der Waals surface area contributed by atoms with Crippen molar-refractivity contribution < 1.29 is 17.9 Å². The Hall–Kier alpha value is -2.13. The topological polar surface area (TPSA) is 79.0 Å². The average molecular weight is 480 g/mol. The van der Waals surface area contributed by atoms with E-state index in [1.54, 1.807) is 25.3 Å². The lowest BCUT2D eigenvalue weighted by atomic mass is 9.96. The SMILES string of the molecule is COc1ccc(C(NC(=O)CN2CCN(S(=O)(=O)c3ccccc3Cl)CC2)C(C)C)cc1. The zero-order chi connectivity index (χ0) is 23.3. The van der Waals surface area contributed by atoms with Gasteiger partial charge in [0.15, 0.2) is 0 Å². The monoisotopic (exact) mass is 479 g/mol. The third kappa shape index (κ3) is 5.81. The van der Waals surface area contributed by atoms with Crippen LogP contribution in [0.2, 0.25) is 5.02 Å². The molecule has 2 aromatic rings. The van der Waals surface area contributed by atoms with Gasteiger partial charge in [-0.25, -0.2) is 8.42 Å². The van der Waals surface area contributed by atoms with Gasteiger partial charge in [-0.05, 0) is 35.7 Å². The summed E-state index contributed by atoms with van der Waals surface area (Å²) in [6, 6.07) is 14.0. The predicted molar refractivity (Wildman–Crippen MR) is 125 cm³/mol. The Morgan fingerprint density at radius 1 is 1.06 bits per heavy atom. The number of methoxy groups -OCH3 is 1. The van der Waals surface area contributed by atoms with Crippen molar-refractivity contribution in [2.75, 3.05) is 39.8 Å². The van der Waals surface area contributed by atoms with Crippen LogP contribution in [-0.2, 0) is 14.8 Å². The van der Waals surface area contributed by atoms with E-state index in [0.29, 0.717) is 26.2 Å². The minimum Gasteiger partial charge on any atom is -0.497 e. The number of nitrogens with one attached hydrogen (secondary N) is 1. The smallest absolute Gasteiger partial charge is 0.244 e. The lowest BCUT2D eigenvalue weighted by Crippen LogP contribution is -2.51. The summed E-state index contributed by atoms with van der Waals surface area (Å²) in [5.41, 5.74) is 1.02. The van der Waals surface area contributed by atoms with E-state index in [1.165, 1.54) is 10.4 Å². The van der Waals surface area contributed by atoms with Crippen molar-refractivity contribution in [3.63, 3.8) is 0 Å². The van der Waals surface area contributed by atoms with Gasteiger partial charge in [0.1, 0.15) is 10.6 Å². The lowest BCUT2D eigenvalue weighted by molar-refractivity contribution is -0.123. The second kappa shape index (κ2) is 10.7. The Morgan fingerprint density at radius 3 is 2.25 bits per heavy atom. The molecule has 0 spiro atoms. The third-order valence-electron chi connectivity index (χ3n) is 5.61. The van der Waals surface area contributed by atoms with Crippen molar-refractivity contribution in [3.05, 3.63) is 59.1 Å². The summed E-state index contributed by atoms with van der Waals surface area (Å²) in [6.45, 7) is 5.93. The number of rotatable bonds is 8. The molecule has 1 atom stereocenters. The third-order valence-corrected chi connectivity index (χ3v) is 8.01. The zero-order valence-electron chi connectivity index (χ0n) is 18.6. The summed E-state index contributed by atoms with van der Waals surface area (Å²) in [5.74, 6) is 0.902. The molecule has 1 saturated heterocycles. The highest BCUT2D eigenvalue weighted by molar-refractivity contribution is 7.89. The van der Waals surface area contributed by atoms with Crippen LogP contribution in [0.3, 0.4) is 0 Å². The lowest BCUT2D eigenvalue weighted by Gasteiger charge is -2.34. The van der Waals surface area contributed by atoms with E-state index < -0.39 is 10.0 Å². The van der Waals surface area contributed by atoms with Gasteiger partial charge in [-0.2, -0.15) is 4.31 Å². The van der Waals surface area contributed by atoms with Gasteiger partial charge in [0.2, 0.25) is 15.9 Å². The Balaban J connectivity index is 1.57. The van der Waals surface area contributed by atoms with Gasteiger partial charge in [-0.15, -0.1) is 0 Å². The Kier molecular flexibility index (Phi) is 8.16. The van der Waals surface area contributed by atoms with E-state index in [-0.39, 0.29) is 34.3 Å². The molecule has 0 aliphatic carbocycles. The van der Waals surface area contributed by atoms with Crippen molar-refractivity contribution in [3.8, 4) is 5.75 Å². The van der Waals surface area contributed by atoms with Crippen LogP contribution in [0.1, 0.15) is 25.5 Å². The van der Waals surface area contributed by atoms with Crippen LogP contribution >= 0.6 is 11.6 Å². The molecule has 1 amide bonds. The van der Waals surface area contributed by atoms with Crippen molar-refractivity contribution in [1.82, 2.24) is 14.5 Å². The van der Waals surface area contributed by atoms with E-state index >= 15 is 0 Å². The maximum atomic E-state index is 12.9. The van der Waals surface area contributed by atoms with Gasteiger partial charge in [0.25, 0.3) is 0 Å². The number of amides is 1. The number of hydrogen-bond acceptors (Lipinski definition) is 5. The fourth-order valence-corrected chi connectivity index (χ4v) is 5.70. The molecule has 3 rings (SSSR count). The second-order valence-corrected chi connectivity index (χ2v) is 10.5. The highest BCUT2D eigenvalue weighted by Crippen LogP contribution is 2.26. The molecule has 32 heavy (non-hydrogen) atoms. The summed E-state index contributed by atoms with van der Waals surface area (Å²) in [7, 11) is -2.03. The van der Waals surface area contributed by atoms with Gasteiger partial charge >= 0.3 is 0 Å². The number of sulfonamides is 1. The maximum absolute atomic E-state index is 12.9. The minimum atomic E-state index is -3.65. The molecule has 1 heterocycles. The second-order valence-electron chi connectivity index (χ2n) is 8.17. The molecule has 1 fully saturated rings. The fraction of sp³-hybridized carbons (Fsp3) is 0.435. The molecular formula is C23H30ClN3O4S. The number of nitrogens with zero attached hydrogens (tertiary/aromatic N) is 2. The van der Waals surface area contributed by atoms with Crippen LogP contribution in [0, 0.1) is 5.92 Å². The molecule has 9 heteroatoms. The molecule has 1 N–H and O–H groups in total. The molecule has 1 aliphatic heterocycles. The zero-order valence-corrected chi connectivity index (χ0v) is 20.2. The summed E-state index contributed by atoms with van der Waals surface area (Å²) in [6.07, 6.45) is 0. The van der Waals surface area contributed by atoms with Gasteiger partial charge in [-0.3, -0.25) is 9.69 Å². The first kappa shape index (κ1) is 24.5. The van der Waals surface area contributed by atoms with Gasteiger partial charge < -0.3 is 10.1 Å². The molecule has 2 aromatic carbocycles. The highest BCUT2D eigenvalue weighted by atomic mass is 35.5. The number of benzene rings is 2. The summed E-state index contributed by atoms with van der Waals surface area (Å²) < 4.78 is 32.4. The first-order valence-corrected chi connectivity index (χ1v) is 12.4. The summed E-state index contributed by atoms with van der Waals surface area (Å²) >= 11 is 6.09. The van der Waals surface area contributed by atoms with Crippen LogP contribution in [0.25, 0.3) is 0 Å². The minimum absolute atomic E-state index is 0.0815. The summed E-state index contributed by atoms with van der Waals surface area (Å²) in [5, 5.41) is 3.34. The molecule has 1 unspecified atom stereocenters. The van der Waals surface area contributed by atoms with Crippen molar-refractivity contribution >= 4 is 27.5 Å². The Labute approximate surface area is 195 Å². The normalized spacial score (nSPS) is 16.7. The van der Waals surface area contributed by atoms with Crippen LogP contribution < -0.4 is 10.1 Å². The average Bonchev–Trinajstić information content (AvgIpc) is 2.78. The van der Waals surface area contributed by atoms with Crippen LogP contribution in [0.5, 0.6) is 5.75 Å². The molecule has 174 valence electrons. The van der Waals surface area contributed by atoms with E-state index in [9.17, 15) is 13.2 Å². The molecular weight excluding hydrogens is 450 g/mol. The van der Waals surface area contributed by atoms with Crippen LogP contribution in [0.15, 0.2) is 53.4 Å². The quantitative estimate of drug-likeness (QED) is 0.629. The first-order chi connectivity index (χ1) is 15.2. The molecule has 1 aliphatic rings. The van der Waals surface area contributed by atoms with Crippen molar-refractivity contribution in [2.24, 2.45) is 5.92 Å². The largest absolute Gasteiger partial charge is 0.497 e. The Morgan fingerprint density at radius 2 is 1.69 bits per heavy atom. The molecule has 0 radical (unpaired) electrons. The van der Waals surface area contributed by atoms with Gasteiger partial charge in [-0.1, -0.05) is 49.7 Å². The standard InChI is InChI=1S/C23H30ClN3O4S/c1-17(2)23(18-8-10-19(31-3)11-9-18)25-22(28)16-26-12-14-27(15-13-26)32(29,30)21-7-5-4-6-20(21)24/h4-11,17,23H,12-16H2,1-3H3,(H,25,28). The van der Waals surface area contributed by atoms with E-state index in [4.69, 9.17) is 16.3 Å². The fourth-order valence-electron chi connectivity index (χ4n) is 3.79. The molecule has 7 nitrogen and oxygen atoms in total. The maximum Gasteiger partial charge on any atom is 0.244 e. The van der Waals surface area contributed by atoms with Crippen LogP contribution in [-0.4, -0.2) is 63.4 Å². The van der Waals surface area contributed by atoms with E-state index in [2.05, 4.69) is 19.2 Å². The summed E-state index contributed by atoms with van der Waals surface area (Å²) in [4.78, 5) is 14.8. The van der Waals surface area contributed by atoms with E-state index in [1.807, 2.05) is 29.2 Å². The van der Waals surface area contributed by atoms with Gasteiger partial charge in [0, 0.05) is 26.2 Å². The first-order valence-electron chi connectivity index (χ1n) is 10.6. The van der Waals surface area contributed by atoms with E-state index in [0.717, 1.165) is 11.3 Å².